The highest BCUT2D eigenvalue weighted by Gasteiger charge is 2.24. The Morgan fingerprint density at radius 1 is 1.50 bits per heavy atom. The predicted molar refractivity (Wildman–Crippen MR) is 96.7 cm³/mol. The summed E-state index contributed by atoms with van der Waals surface area (Å²) in [5.41, 5.74) is 0. The maximum absolute atomic E-state index is 13.2. The molecular formula is C17H22FN5O2S. The Labute approximate surface area is 155 Å². The SMILES string of the molecule is O=C(NCCSc1cn[nH]n1)N1CCCC(COc2cccc(F)c2)C1. The van der Waals surface area contributed by atoms with Crippen molar-refractivity contribution in [2.24, 2.45) is 5.92 Å². The fraction of sp³-hybridized carbons (Fsp3) is 0.471. The van der Waals surface area contributed by atoms with Crippen molar-refractivity contribution in [1.82, 2.24) is 25.6 Å². The zero-order valence-corrected chi connectivity index (χ0v) is 15.2. The molecule has 1 aliphatic heterocycles. The minimum absolute atomic E-state index is 0.0544. The van der Waals surface area contributed by atoms with Gasteiger partial charge in [-0.3, -0.25) is 0 Å². The summed E-state index contributed by atoms with van der Waals surface area (Å²) in [6.45, 7) is 2.45. The average molecular weight is 379 g/mol. The molecule has 1 aliphatic rings. The molecule has 0 aliphatic carbocycles. The Balaban J connectivity index is 1.37. The highest BCUT2D eigenvalue weighted by molar-refractivity contribution is 7.99. The Bertz CT molecular complexity index is 700. The molecule has 0 radical (unpaired) electrons. The number of thioether (sulfide) groups is 1. The lowest BCUT2D eigenvalue weighted by atomic mass is 9.99. The number of nitrogens with zero attached hydrogens (tertiary/aromatic N) is 3. The van der Waals surface area contributed by atoms with Crippen LogP contribution in [0.2, 0.25) is 0 Å². The van der Waals surface area contributed by atoms with Gasteiger partial charge in [-0.1, -0.05) is 6.07 Å². The lowest BCUT2D eigenvalue weighted by Gasteiger charge is -2.32. The maximum atomic E-state index is 13.2. The van der Waals surface area contributed by atoms with E-state index in [1.165, 1.54) is 23.9 Å². The molecule has 9 heteroatoms. The molecule has 3 rings (SSSR count). The monoisotopic (exact) mass is 379 g/mol. The summed E-state index contributed by atoms with van der Waals surface area (Å²) in [6, 6.07) is 6.08. The van der Waals surface area contributed by atoms with Gasteiger partial charge in [-0.2, -0.15) is 10.3 Å². The van der Waals surface area contributed by atoms with Crippen LogP contribution in [0, 0.1) is 11.7 Å². The van der Waals surface area contributed by atoms with Gasteiger partial charge in [-0.25, -0.2) is 9.18 Å². The first-order valence-electron chi connectivity index (χ1n) is 8.60. The number of aromatic amines is 1. The van der Waals surface area contributed by atoms with Crippen molar-refractivity contribution in [2.75, 3.05) is 32.0 Å². The number of ether oxygens (including phenoxy) is 1. The van der Waals surface area contributed by atoms with Crippen LogP contribution >= 0.6 is 11.8 Å². The Morgan fingerprint density at radius 2 is 2.42 bits per heavy atom. The van der Waals surface area contributed by atoms with E-state index in [9.17, 15) is 9.18 Å². The van der Waals surface area contributed by atoms with E-state index in [1.54, 1.807) is 18.3 Å². The minimum atomic E-state index is -0.310. The van der Waals surface area contributed by atoms with Gasteiger partial charge in [0, 0.05) is 37.4 Å². The first kappa shape index (κ1) is 18.5. The van der Waals surface area contributed by atoms with Crippen molar-refractivity contribution in [3.8, 4) is 5.75 Å². The van der Waals surface area contributed by atoms with Crippen molar-refractivity contribution in [3.63, 3.8) is 0 Å². The molecule has 1 aromatic carbocycles. The molecule has 1 fully saturated rings. The molecule has 140 valence electrons. The third-order valence-electron chi connectivity index (χ3n) is 4.11. The number of nitrogens with one attached hydrogen (secondary N) is 2. The topological polar surface area (TPSA) is 83.1 Å². The summed E-state index contributed by atoms with van der Waals surface area (Å²) in [4.78, 5) is 14.1. The van der Waals surface area contributed by atoms with Gasteiger partial charge < -0.3 is 15.0 Å². The van der Waals surface area contributed by atoms with E-state index in [0.717, 1.165) is 30.2 Å². The van der Waals surface area contributed by atoms with E-state index in [-0.39, 0.29) is 17.8 Å². The number of halogens is 1. The highest BCUT2D eigenvalue weighted by Crippen LogP contribution is 2.19. The van der Waals surface area contributed by atoms with Gasteiger partial charge >= 0.3 is 6.03 Å². The summed E-state index contributed by atoms with van der Waals surface area (Å²) in [6.07, 6.45) is 3.60. The number of likely N-dealkylation sites (tertiary alicyclic amines) is 1. The molecule has 26 heavy (non-hydrogen) atoms. The van der Waals surface area contributed by atoms with Gasteiger partial charge in [0.05, 0.1) is 12.8 Å². The molecule has 2 aromatic rings. The molecule has 2 N–H and O–H groups in total. The number of H-pyrrole nitrogens is 1. The number of hydrogen-bond acceptors (Lipinski definition) is 5. The van der Waals surface area contributed by atoms with Crippen LogP contribution in [0.4, 0.5) is 9.18 Å². The predicted octanol–water partition coefficient (Wildman–Crippen LogP) is 2.54. The zero-order valence-electron chi connectivity index (χ0n) is 14.4. The third kappa shape index (κ3) is 5.62. The summed E-state index contributed by atoms with van der Waals surface area (Å²) >= 11 is 1.53. The second-order valence-corrected chi connectivity index (χ2v) is 7.23. The standard InChI is InChI=1S/C17H22FN5O2S/c18-14-4-1-5-15(9-14)25-12-13-3-2-7-23(11-13)17(24)19-6-8-26-16-10-20-22-21-16/h1,4-5,9-10,13H,2-3,6-8,11-12H2,(H,19,24)(H,20,21,22). The van der Waals surface area contributed by atoms with Crippen LogP contribution in [0.25, 0.3) is 0 Å². The van der Waals surface area contributed by atoms with Crippen molar-refractivity contribution in [1.29, 1.82) is 0 Å². The minimum Gasteiger partial charge on any atom is -0.493 e. The summed E-state index contributed by atoms with van der Waals surface area (Å²) in [5.74, 6) is 1.20. The van der Waals surface area contributed by atoms with E-state index < -0.39 is 0 Å². The summed E-state index contributed by atoms with van der Waals surface area (Å²) in [5, 5.41) is 14.0. The zero-order chi connectivity index (χ0) is 18.2. The van der Waals surface area contributed by atoms with E-state index in [2.05, 4.69) is 20.7 Å². The van der Waals surface area contributed by atoms with Gasteiger partial charge in [0.1, 0.15) is 16.6 Å². The van der Waals surface area contributed by atoms with Gasteiger partial charge in [0.25, 0.3) is 0 Å². The Kier molecular flexibility index (Phi) is 6.70. The van der Waals surface area contributed by atoms with Crippen LogP contribution in [0.3, 0.4) is 0 Å². The molecule has 0 bridgehead atoms. The average Bonchev–Trinajstić information content (AvgIpc) is 3.17. The fourth-order valence-electron chi connectivity index (χ4n) is 2.84. The molecule has 1 atom stereocenters. The largest absolute Gasteiger partial charge is 0.493 e. The Hall–Kier alpha value is -2.29. The molecule has 0 saturated carbocycles. The molecule has 1 unspecified atom stereocenters. The lowest BCUT2D eigenvalue weighted by molar-refractivity contribution is 0.137. The van der Waals surface area contributed by atoms with E-state index >= 15 is 0 Å². The van der Waals surface area contributed by atoms with Crippen LogP contribution in [0.15, 0.2) is 35.5 Å². The van der Waals surface area contributed by atoms with Gasteiger partial charge in [-0.05, 0) is 25.0 Å². The van der Waals surface area contributed by atoms with Crippen LogP contribution in [0.5, 0.6) is 5.75 Å². The number of aromatic nitrogens is 3. The van der Waals surface area contributed by atoms with Crippen molar-refractivity contribution in [2.45, 2.75) is 17.9 Å². The second-order valence-electron chi connectivity index (χ2n) is 6.11. The molecule has 1 saturated heterocycles. The number of amides is 2. The summed E-state index contributed by atoms with van der Waals surface area (Å²) in [7, 11) is 0. The summed E-state index contributed by atoms with van der Waals surface area (Å²) < 4.78 is 18.9. The van der Waals surface area contributed by atoms with Gasteiger partial charge in [0.15, 0.2) is 0 Å². The number of carbonyl (C=O) groups excluding carboxylic acids is 1. The first-order valence-corrected chi connectivity index (χ1v) is 9.59. The van der Waals surface area contributed by atoms with Crippen LogP contribution in [0.1, 0.15) is 12.8 Å². The highest BCUT2D eigenvalue weighted by atomic mass is 32.2. The number of urea groups is 1. The van der Waals surface area contributed by atoms with Crippen LogP contribution in [-0.4, -0.2) is 58.3 Å². The van der Waals surface area contributed by atoms with Crippen LogP contribution in [-0.2, 0) is 0 Å². The van der Waals surface area contributed by atoms with E-state index in [1.807, 2.05) is 4.90 Å². The number of hydrogen-bond donors (Lipinski definition) is 2. The molecule has 0 spiro atoms. The Morgan fingerprint density at radius 3 is 3.23 bits per heavy atom. The number of benzene rings is 1. The maximum Gasteiger partial charge on any atom is 0.317 e. The van der Waals surface area contributed by atoms with Gasteiger partial charge in [0.2, 0.25) is 0 Å². The normalized spacial score (nSPS) is 17.1. The number of rotatable bonds is 7. The van der Waals surface area contributed by atoms with Crippen LogP contribution < -0.4 is 10.1 Å². The van der Waals surface area contributed by atoms with E-state index in [0.29, 0.717) is 25.4 Å². The quantitative estimate of drug-likeness (QED) is 0.571. The molecule has 2 heterocycles. The second kappa shape index (κ2) is 9.42. The lowest BCUT2D eigenvalue weighted by Crippen LogP contribution is -2.47. The van der Waals surface area contributed by atoms with Crippen molar-refractivity contribution in [3.05, 3.63) is 36.3 Å². The molecule has 1 aromatic heterocycles. The fourth-order valence-corrected chi connectivity index (χ4v) is 3.49. The molecular weight excluding hydrogens is 357 g/mol. The van der Waals surface area contributed by atoms with Crippen molar-refractivity contribution < 1.29 is 13.9 Å². The first-order chi connectivity index (χ1) is 12.7. The van der Waals surface area contributed by atoms with Crippen molar-refractivity contribution >= 4 is 17.8 Å². The smallest absolute Gasteiger partial charge is 0.317 e. The van der Waals surface area contributed by atoms with E-state index in [4.69, 9.17) is 4.74 Å². The van der Waals surface area contributed by atoms with Gasteiger partial charge in [-0.15, -0.1) is 16.9 Å². The molecule has 2 amide bonds. The number of carbonyl (C=O) groups is 1. The molecule has 7 nitrogen and oxygen atoms in total. The number of piperidine rings is 1. The third-order valence-corrected chi connectivity index (χ3v) is 5.01.